The van der Waals surface area contributed by atoms with Gasteiger partial charge in [-0.1, -0.05) is 44.2 Å². The predicted octanol–water partition coefficient (Wildman–Crippen LogP) is 2.66. The van der Waals surface area contributed by atoms with E-state index in [0.717, 1.165) is 11.7 Å². The van der Waals surface area contributed by atoms with Crippen LogP contribution in [0.3, 0.4) is 0 Å². The van der Waals surface area contributed by atoms with Crippen molar-refractivity contribution in [2.75, 3.05) is 13.1 Å². The van der Waals surface area contributed by atoms with Crippen molar-refractivity contribution in [3.8, 4) is 0 Å². The van der Waals surface area contributed by atoms with Crippen molar-refractivity contribution in [1.82, 2.24) is 20.2 Å². The second kappa shape index (κ2) is 7.87. The van der Waals surface area contributed by atoms with E-state index in [0.29, 0.717) is 12.0 Å². The Morgan fingerprint density at radius 3 is 2.35 bits per heavy atom. The van der Waals surface area contributed by atoms with Crippen LogP contribution in [-0.4, -0.2) is 33.3 Å². The standard InChI is InChI=1S/C21H33N5/c1-16(2)19(20-22-23-24-26(20)21(3,4)5)25-13-11-18(12-14-25)15-17-9-7-6-8-10-17/h6-10,16,18-19H,11-15H2,1-5H3/p+1/t19-/m1/s1. The van der Waals surface area contributed by atoms with Crippen LogP contribution < -0.4 is 4.90 Å². The normalized spacial score (nSPS) is 22.5. The van der Waals surface area contributed by atoms with Crippen molar-refractivity contribution in [3.05, 3.63) is 41.7 Å². The van der Waals surface area contributed by atoms with Gasteiger partial charge < -0.3 is 4.90 Å². The first-order valence-corrected chi connectivity index (χ1v) is 10.0. The Bertz CT molecular complexity index is 678. The molecule has 1 aromatic carbocycles. The predicted molar refractivity (Wildman–Crippen MR) is 104 cm³/mol. The van der Waals surface area contributed by atoms with Gasteiger partial charge in [0, 0.05) is 5.92 Å². The summed E-state index contributed by atoms with van der Waals surface area (Å²) < 4.78 is 2.03. The molecule has 2 aromatic rings. The smallest absolute Gasteiger partial charge is 0.210 e. The summed E-state index contributed by atoms with van der Waals surface area (Å²) in [6.45, 7) is 13.5. The van der Waals surface area contributed by atoms with E-state index in [1.54, 1.807) is 4.90 Å². The fourth-order valence-electron chi connectivity index (χ4n) is 4.33. The van der Waals surface area contributed by atoms with Gasteiger partial charge in [-0.25, -0.2) is 4.68 Å². The molecule has 2 heterocycles. The van der Waals surface area contributed by atoms with Gasteiger partial charge in [0.25, 0.3) is 0 Å². The summed E-state index contributed by atoms with van der Waals surface area (Å²) in [7, 11) is 0. The fourth-order valence-corrected chi connectivity index (χ4v) is 4.33. The molecule has 26 heavy (non-hydrogen) atoms. The number of hydrogen-bond donors (Lipinski definition) is 1. The molecule has 1 fully saturated rings. The second-order valence-corrected chi connectivity index (χ2v) is 9.13. The summed E-state index contributed by atoms with van der Waals surface area (Å²) >= 11 is 0. The van der Waals surface area contributed by atoms with Gasteiger partial charge in [0.15, 0.2) is 6.04 Å². The molecule has 3 rings (SSSR count). The summed E-state index contributed by atoms with van der Waals surface area (Å²) in [5.74, 6) is 2.36. The Morgan fingerprint density at radius 2 is 1.77 bits per heavy atom. The zero-order valence-electron chi connectivity index (χ0n) is 16.9. The Labute approximate surface area is 157 Å². The van der Waals surface area contributed by atoms with Crippen LogP contribution in [0, 0.1) is 11.8 Å². The summed E-state index contributed by atoms with van der Waals surface area (Å²) in [5.41, 5.74) is 1.38. The summed E-state index contributed by atoms with van der Waals surface area (Å²) in [6, 6.07) is 11.3. The Morgan fingerprint density at radius 1 is 1.12 bits per heavy atom. The van der Waals surface area contributed by atoms with Gasteiger partial charge in [0.05, 0.1) is 18.6 Å². The summed E-state index contributed by atoms with van der Waals surface area (Å²) in [6.07, 6.45) is 3.77. The van der Waals surface area contributed by atoms with Gasteiger partial charge in [-0.05, 0) is 61.9 Å². The van der Waals surface area contributed by atoms with Crippen LogP contribution in [0.15, 0.2) is 30.3 Å². The van der Waals surface area contributed by atoms with Crippen LogP contribution >= 0.6 is 0 Å². The van der Waals surface area contributed by atoms with Gasteiger partial charge in [0.1, 0.15) is 0 Å². The third-order valence-corrected chi connectivity index (χ3v) is 5.63. The van der Waals surface area contributed by atoms with E-state index in [2.05, 4.69) is 80.5 Å². The van der Waals surface area contributed by atoms with E-state index < -0.39 is 0 Å². The van der Waals surface area contributed by atoms with E-state index in [-0.39, 0.29) is 5.54 Å². The topological polar surface area (TPSA) is 48.0 Å². The van der Waals surface area contributed by atoms with Crippen molar-refractivity contribution < 1.29 is 4.90 Å². The van der Waals surface area contributed by atoms with E-state index >= 15 is 0 Å². The van der Waals surface area contributed by atoms with Gasteiger partial charge in [-0.15, -0.1) is 5.10 Å². The molecule has 1 saturated heterocycles. The zero-order valence-corrected chi connectivity index (χ0v) is 16.9. The molecule has 5 nitrogen and oxygen atoms in total. The molecule has 5 heteroatoms. The molecule has 0 unspecified atom stereocenters. The van der Waals surface area contributed by atoms with Gasteiger partial charge in [-0.3, -0.25) is 0 Å². The fraction of sp³-hybridized carbons (Fsp3) is 0.667. The highest BCUT2D eigenvalue weighted by molar-refractivity contribution is 5.15. The molecule has 0 radical (unpaired) electrons. The number of piperidine rings is 1. The number of quaternary nitrogens is 1. The molecular formula is C21H34N5+. The van der Waals surface area contributed by atoms with E-state index in [4.69, 9.17) is 0 Å². The van der Waals surface area contributed by atoms with Gasteiger partial charge in [-0.2, -0.15) is 0 Å². The number of nitrogens with one attached hydrogen (secondary N) is 1. The maximum atomic E-state index is 4.45. The highest BCUT2D eigenvalue weighted by Crippen LogP contribution is 2.24. The number of rotatable bonds is 5. The quantitative estimate of drug-likeness (QED) is 0.896. The summed E-state index contributed by atoms with van der Waals surface area (Å²) in [5, 5.41) is 12.8. The number of aromatic nitrogens is 4. The van der Waals surface area contributed by atoms with Crippen LogP contribution in [0.1, 0.15) is 64.9 Å². The molecule has 0 aliphatic carbocycles. The molecule has 1 aliphatic heterocycles. The number of tetrazole rings is 1. The first-order valence-electron chi connectivity index (χ1n) is 10.0. The molecule has 1 atom stereocenters. The third kappa shape index (κ3) is 4.32. The minimum absolute atomic E-state index is 0.0863. The molecule has 1 aliphatic rings. The lowest BCUT2D eigenvalue weighted by atomic mass is 9.88. The molecule has 0 spiro atoms. The molecule has 0 saturated carbocycles. The Balaban J connectivity index is 1.69. The SMILES string of the molecule is CC(C)[C@H](c1nnnn1C(C)(C)C)[NH+]1CCC(Cc2ccccc2)CC1. The minimum atomic E-state index is -0.0863. The summed E-state index contributed by atoms with van der Waals surface area (Å²) in [4.78, 5) is 1.64. The van der Waals surface area contributed by atoms with Crippen molar-refractivity contribution in [2.24, 2.45) is 11.8 Å². The second-order valence-electron chi connectivity index (χ2n) is 9.13. The molecule has 1 N–H and O–H groups in total. The van der Waals surface area contributed by atoms with E-state index in [1.165, 1.54) is 37.9 Å². The Kier molecular flexibility index (Phi) is 5.76. The van der Waals surface area contributed by atoms with Crippen molar-refractivity contribution in [3.63, 3.8) is 0 Å². The van der Waals surface area contributed by atoms with Crippen molar-refractivity contribution >= 4 is 0 Å². The largest absolute Gasteiger partial charge is 0.326 e. The zero-order chi connectivity index (χ0) is 18.7. The lowest BCUT2D eigenvalue weighted by Gasteiger charge is -2.36. The third-order valence-electron chi connectivity index (χ3n) is 5.63. The van der Waals surface area contributed by atoms with Crippen LogP contribution in [0.2, 0.25) is 0 Å². The number of likely N-dealkylation sites (tertiary alicyclic amines) is 1. The van der Waals surface area contributed by atoms with Crippen molar-refractivity contribution in [2.45, 2.75) is 65.5 Å². The van der Waals surface area contributed by atoms with Gasteiger partial charge in [0.2, 0.25) is 5.82 Å². The van der Waals surface area contributed by atoms with Crippen LogP contribution in [0.4, 0.5) is 0 Å². The number of hydrogen-bond acceptors (Lipinski definition) is 3. The van der Waals surface area contributed by atoms with Crippen LogP contribution in [0.25, 0.3) is 0 Å². The number of benzene rings is 1. The molecule has 0 amide bonds. The number of nitrogens with zero attached hydrogens (tertiary/aromatic N) is 4. The van der Waals surface area contributed by atoms with E-state index in [9.17, 15) is 0 Å². The molecule has 0 bridgehead atoms. The van der Waals surface area contributed by atoms with Crippen LogP contribution in [-0.2, 0) is 12.0 Å². The molecule has 1 aromatic heterocycles. The van der Waals surface area contributed by atoms with E-state index in [1.807, 2.05) is 4.68 Å². The highest BCUT2D eigenvalue weighted by atomic mass is 15.6. The molecular weight excluding hydrogens is 322 g/mol. The maximum Gasteiger partial charge on any atom is 0.210 e. The first-order chi connectivity index (χ1) is 12.4. The lowest BCUT2D eigenvalue weighted by molar-refractivity contribution is -0.942. The average Bonchev–Trinajstić information content (AvgIpc) is 3.07. The minimum Gasteiger partial charge on any atom is -0.326 e. The Hall–Kier alpha value is -1.75. The average molecular weight is 357 g/mol. The maximum absolute atomic E-state index is 4.45. The first kappa shape index (κ1) is 19.0. The lowest BCUT2D eigenvalue weighted by Crippen LogP contribution is -3.14. The van der Waals surface area contributed by atoms with Crippen LogP contribution in [0.5, 0.6) is 0 Å². The van der Waals surface area contributed by atoms with Crippen molar-refractivity contribution in [1.29, 1.82) is 0 Å². The molecule has 142 valence electrons. The van der Waals surface area contributed by atoms with Gasteiger partial charge >= 0.3 is 0 Å². The monoisotopic (exact) mass is 356 g/mol. The highest BCUT2D eigenvalue weighted by Gasteiger charge is 2.37.